The van der Waals surface area contributed by atoms with E-state index in [2.05, 4.69) is 5.16 Å². The Hall–Kier alpha value is -1.81. The fourth-order valence-electron chi connectivity index (χ4n) is 1.03. The Morgan fingerprint density at radius 3 is 2.61 bits per heavy atom. The number of carboxylic acids is 1. The van der Waals surface area contributed by atoms with Crippen LogP contribution in [0.2, 0.25) is 5.02 Å². The van der Waals surface area contributed by atoms with Crippen LogP contribution in [0.1, 0.15) is 19.4 Å². The van der Waals surface area contributed by atoms with Crippen LogP contribution in [0.5, 0.6) is 0 Å². The lowest BCUT2D eigenvalue weighted by molar-refractivity contribution is -0.149. The van der Waals surface area contributed by atoms with Gasteiger partial charge in [0.2, 0.25) is 6.10 Å². The van der Waals surface area contributed by atoms with Gasteiger partial charge in [-0.2, -0.15) is 0 Å². The van der Waals surface area contributed by atoms with E-state index >= 15 is 0 Å². The lowest BCUT2D eigenvalue weighted by Gasteiger charge is -2.03. The van der Waals surface area contributed by atoms with Crippen molar-refractivity contribution < 1.29 is 14.7 Å². The second kappa shape index (κ2) is 6.81. The van der Waals surface area contributed by atoms with Crippen molar-refractivity contribution in [3.05, 3.63) is 40.9 Å². The van der Waals surface area contributed by atoms with Gasteiger partial charge in [-0.15, -0.1) is 0 Å². The van der Waals surface area contributed by atoms with Gasteiger partial charge in [0, 0.05) is 5.02 Å². The number of hydrogen-bond donors (Lipinski definition) is 1. The maximum Gasteiger partial charge on any atom is 0.347 e. The van der Waals surface area contributed by atoms with Crippen LogP contribution in [0.4, 0.5) is 0 Å². The number of oxime groups is 1. The molecule has 0 aliphatic heterocycles. The van der Waals surface area contributed by atoms with Crippen LogP contribution in [-0.2, 0) is 9.63 Å². The standard InChI is InChI=1S/C13H14ClNO3/c1-9(15-18-10(2)13(16)17)3-4-11-5-7-12(14)8-6-11/h3-8,10H,1-2H3,(H,16,17)/b4-3+,15-9-. The smallest absolute Gasteiger partial charge is 0.347 e. The molecule has 0 spiro atoms. The van der Waals surface area contributed by atoms with Crippen LogP contribution in [0, 0.1) is 0 Å². The summed E-state index contributed by atoms with van der Waals surface area (Å²) >= 11 is 5.77. The molecule has 0 aliphatic rings. The Morgan fingerprint density at radius 2 is 2.06 bits per heavy atom. The van der Waals surface area contributed by atoms with E-state index in [9.17, 15) is 4.79 Å². The lowest BCUT2D eigenvalue weighted by Crippen LogP contribution is -2.17. The predicted molar refractivity (Wildman–Crippen MR) is 71.8 cm³/mol. The third-order valence-electron chi connectivity index (χ3n) is 2.09. The summed E-state index contributed by atoms with van der Waals surface area (Å²) in [5, 5.41) is 13.0. The van der Waals surface area contributed by atoms with Gasteiger partial charge in [-0.1, -0.05) is 35.0 Å². The van der Waals surface area contributed by atoms with E-state index in [-0.39, 0.29) is 0 Å². The molecule has 1 aromatic rings. The minimum absolute atomic E-state index is 0.582. The third-order valence-corrected chi connectivity index (χ3v) is 2.34. The van der Waals surface area contributed by atoms with Gasteiger partial charge >= 0.3 is 5.97 Å². The van der Waals surface area contributed by atoms with E-state index in [0.717, 1.165) is 5.56 Å². The van der Waals surface area contributed by atoms with Crippen LogP contribution in [0.25, 0.3) is 6.08 Å². The van der Waals surface area contributed by atoms with E-state index in [0.29, 0.717) is 10.7 Å². The summed E-state index contributed by atoms with van der Waals surface area (Å²) in [6.45, 7) is 3.14. The number of nitrogens with zero attached hydrogens (tertiary/aromatic N) is 1. The van der Waals surface area contributed by atoms with E-state index in [1.165, 1.54) is 6.92 Å². The van der Waals surface area contributed by atoms with E-state index in [4.69, 9.17) is 21.5 Å². The topological polar surface area (TPSA) is 58.9 Å². The van der Waals surface area contributed by atoms with Gasteiger partial charge in [0.05, 0.1) is 5.71 Å². The first-order valence-electron chi connectivity index (χ1n) is 5.36. The number of halogens is 1. The molecule has 1 rings (SSSR count). The normalized spacial score (nSPS) is 13.6. The zero-order chi connectivity index (χ0) is 13.5. The molecule has 0 aliphatic carbocycles. The predicted octanol–water partition coefficient (Wildman–Crippen LogP) is 3.22. The average molecular weight is 268 g/mol. The van der Waals surface area contributed by atoms with Gasteiger partial charge in [0.1, 0.15) is 0 Å². The van der Waals surface area contributed by atoms with Crippen LogP contribution < -0.4 is 0 Å². The minimum atomic E-state index is -1.05. The minimum Gasteiger partial charge on any atom is -0.478 e. The molecule has 0 saturated heterocycles. The fourth-order valence-corrected chi connectivity index (χ4v) is 1.15. The van der Waals surface area contributed by atoms with Crippen LogP contribution in [-0.4, -0.2) is 22.9 Å². The summed E-state index contributed by atoms with van der Waals surface area (Å²) < 4.78 is 0. The van der Waals surface area contributed by atoms with Crippen molar-refractivity contribution in [2.45, 2.75) is 20.0 Å². The number of hydrogen-bond acceptors (Lipinski definition) is 3. The molecule has 0 saturated carbocycles. The SMILES string of the molecule is CC(/C=C/c1ccc(Cl)cc1)=N/OC(C)C(=O)O. The maximum absolute atomic E-state index is 10.5. The van der Waals surface area contributed by atoms with Gasteiger partial charge in [-0.3, -0.25) is 0 Å². The van der Waals surface area contributed by atoms with Crippen molar-refractivity contribution in [1.29, 1.82) is 0 Å². The number of rotatable bonds is 5. The average Bonchev–Trinajstić information content (AvgIpc) is 2.35. The summed E-state index contributed by atoms with van der Waals surface area (Å²) in [4.78, 5) is 15.3. The molecule has 18 heavy (non-hydrogen) atoms. The summed E-state index contributed by atoms with van der Waals surface area (Å²) in [6, 6.07) is 7.31. The number of carbonyl (C=O) groups is 1. The molecule has 0 aromatic heterocycles. The highest BCUT2D eigenvalue weighted by molar-refractivity contribution is 6.30. The highest BCUT2D eigenvalue weighted by Gasteiger charge is 2.10. The molecule has 1 aromatic carbocycles. The molecule has 0 heterocycles. The monoisotopic (exact) mass is 267 g/mol. The summed E-state index contributed by atoms with van der Waals surface area (Å²) in [6.07, 6.45) is 2.62. The molecule has 5 heteroatoms. The number of allylic oxidation sites excluding steroid dienone is 1. The first-order chi connectivity index (χ1) is 8.49. The van der Waals surface area contributed by atoms with Crippen LogP contribution >= 0.6 is 11.6 Å². The summed E-state index contributed by atoms with van der Waals surface area (Å²) in [7, 11) is 0. The van der Waals surface area contributed by atoms with Gasteiger partial charge < -0.3 is 9.94 Å². The van der Waals surface area contributed by atoms with E-state index in [1.54, 1.807) is 25.1 Å². The first-order valence-corrected chi connectivity index (χ1v) is 5.73. The largest absolute Gasteiger partial charge is 0.478 e. The number of carboxylic acid groups (broad SMARTS) is 1. The molecule has 0 amide bonds. The Kier molecular flexibility index (Phi) is 5.39. The number of aliphatic carboxylic acids is 1. The molecule has 4 nitrogen and oxygen atoms in total. The van der Waals surface area contributed by atoms with Gasteiger partial charge in [-0.05, 0) is 37.6 Å². The number of benzene rings is 1. The summed E-state index contributed by atoms with van der Waals surface area (Å²) in [5.41, 5.74) is 1.55. The zero-order valence-corrected chi connectivity index (χ0v) is 10.9. The highest BCUT2D eigenvalue weighted by atomic mass is 35.5. The molecule has 0 bridgehead atoms. The second-order valence-corrected chi connectivity index (χ2v) is 4.14. The maximum atomic E-state index is 10.5. The summed E-state index contributed by atoms with van der Waals surface area (Å²) in [5.74, 6) is -1.05. The van der Waals surface area contributed by atoms with Crippen molar-refractivity contribution in [3.8, 4) is 0 Å². The van der Waals surface area contributed by atoms with Crippen molar-refractivity contribution >= 4 is 29.4 Å². The Balaban J connectivity index is 2.58. The van der Waals surface area contributed by atoms with E-state index < -0.39 is 12.1 Å². The van der Waals surface area contributed by atoms with Crippen LogP contribution in [0.3, 0.4) is 0 Å². The molecule has 0 fully saturated rings. The Labute approximate surface area is 111 Å². The molecule has 0 radical (unpaired) electrons. The van der Waals surface area contributed by atoms with Gasteiger partial charge in [0.15, 0.2) is 0 Å². The Morgan fingerprint density at radius 1 is 1.44 bits per heavy atom. The molecular formula is C13H14ClNO3. The fraction of sp³-hybridized carbons (Fsp3) is 0.231. The van der Waals surface area contributed by atoms with Gasteiger partial charge in [-0.25, -0.2) is 4.79 Å². The van der Waals surface area contributed by atoms with Crippen molar-refractivity contribution in [1.82, 2.24) is 0 Å². The second-order valence-electron chi connectivity index (χ2n) is 3.70. The lowest BCUT2D eigenvalue weighted by atomic mass is 10.2. The molecule has 96 valence electrons. The molecule has 1 atom stereocenters. The third kappa shape index (κ3) is 5.01. The first kappa shape index (κ1) is 14.3. The van der Waals surface area contributed by atoms with Crippen molar-refractivity contribution in [2.24, 2.45) is 5.16 Å². The highest BCUT2D eigenvalue weighted by Crippen LogP contribution is 2.10. The molecule has 1 unspecified atom stereocenters. The molecular weight excluding hydrogens is 254 g/mol. The van der Waals surface area contributed by atoms with Crippen molar-refractivity contribution in [2.75, 3.05) is 0 Å². The zero-order valence-electron chi connectivity index (χ0n) is 10.1. The Bertz CT molecular complexity index is 466. The quantitative estimate of drug-likeness (QED) is 0.658. The van der Waals surface area contributed by atoms with Crippen LogP contribution in [0.15, 0.2) is 35.5 Å². The van der Waals surface area contributed by atoms with E-state index in [1.807, 2.05) is 18.2 Å². The van der Waals surface area contributed by atoms with Crippen molar-refractivity contribution in [3.63, 3.8) is 0 Å². The van der Waals surface area contributed by atoms with Gasteiger partial charge in [0.25, 0.3) is 0 Å². The molecule has 1 N–H and O–H groups in total.